The molecule has 1 aliphatic heterocycles. The first kappa shape index (κ1) is 21.3. The maximum Gasteiger partial charge on any atom is 0.264 e. The Labute approximate surface area is 193 Å². The van der Waals surface area contributed by atoms with Crippen LogP contribution in [-0.2, 0) is 0 Å². The number of carbonyl (C=O) groups is 1. The van der Waals surface area contributed by atoms with E-state index < -0.39 is 11.6 Å². The largest absolute Gasteiger partial charge is 0.493 e. The summed E-state index contributed by atoms with van der Waals surface area (Å²) in [5.41, 5.74) is 3.26. The molecule has 0 aliphatic carbocycles. The molecular formula is C25H21F2N3O2S. The number of halogens is 2. The molecule has 5 rings (SSSR count). The molecule has 1 aliphatic rings. The van der Waals surface area contributed by atoms with Gasteiger partial charge in [-0.2, -0.15) is 0 Å². The second-order valence-corrected chi connectivity index (χ2v) is 9.09. The van der Waals surface area contributed by atoms with E-state index in [0.29, 0.717) is 44.9 Å². The molecule has 0 unspecified atom stereocenters. The molecule has 33 heavy (non-hydrogen) atoms. The number of pyridine rings is 1. The molecule has 1 amide bonds. The van der Waals surface area contributed by atoms with Gasteiger partial charge in [0.1, 0.15) is 27.8 Å². The van der Waals surface area contributed by atoms with Crippen molar-refractivity contribution in [2.75, 3.05) is 25.6 Å². The first-order valence-electron chi connectivity index (χ1n) is 10.5. The predicted octanol–water partition coefficient (Wildman–Crippen LogP) is 5.56. The number of nitrogens with one attached hydrogen (secondary N) is 1. The van der Waals surface area contributed by atoms with Crippen LogP contribution in [0.15, 0.2) is 54.7 Å². The van der Waals surface area contributed by atoms with Gasteiger partial charge in [-0.15, -0.1) is 11.3 Å². The van der Waals surface area contributed by atoms with Crippen molar-refractivity contribution < 1.29 is 18.3 Å². The number of ether oxygens (including phenoxy) is 1. The zero-order valence-corrected chi connectivity index (χ0v) is 18.9. The van der Waals surface area contributed by atoms with Gasteiger partial charge in [-0.1, -0.05) is 18.2 Å². The number of thiophene rings is 1. The van der Waals surface area contributed by atoms with Crippen LogP contribution >= 0.6 is 11.3 Å². The van der Waals surface area contributed by atoms with Gasteiger partial charge in [0.2, 0.25) is 0 Å². The minimum Gasteiger partial charge on any atom is -0.493 e. The fourth-order valence-corrected chi connectivity index (χ4v) is 5.47. The molecule has 2 aromatic heterocycles. The van der Waals surface area contributed by atoms with Crippen molar-refractivity contribution in [2.45, 2.75) is 12.5 Å². The van der Waals surface area contributed by atoms with Gasteiger partial charge < -0.3 is 15.0 Å². The summed E-state index contributed by atoms with van der Waals surface area (Å²) in [7, 11) is 3.69. The lowest BCUT2D eigenvalue weighted by atomic mass is 10.0. The number of nitrogens with zero attached hydrogens (tertiary/aromatic N) is 2. The maximum absolute atomic E-state index is 13.9. The van der Waals surface area contributed by atoms with Crippen molar-refractivity contribution in [3.8, 4) is 16.9 Å². The Morgan fingerprint density at radius 3 is 2.67 bits per heavy atom. The lowest BCUT2D eigenvalue weighted by molar-refractivity contribution is 0.0929. The molecular weight excluding hydrogens is 444 g/mol. The van der Waals surface area contributed by atoms with Gasteiger partial charge >= 0.3 is 0 Å². The fourth-order valence-electron chi connectivity index (χ4n) is 4.20. The molecule has 0 saturated heterocycles. The van der Waals surface area contributed by atoms with Gasteiger partial charge in [0, 0.05) is 43.9 Å². The molecule has 1 atom stereocenters. The topological polar surface area (TPSA) is 54.5 Å². The lowest BCUT2D eigenvalue weighted by Gasteiger charge is -2.26. The normalized spacial score (nSPS) is 15.1. The number of hydrogen-bond donors (Lipinski definition) is 1. The van der Waals surface area contributed by atoms with E-state index in [1.807, 2.05) is 43.3 Å². The van der Waals surface area contributed by atoms with Crippen LogP contribution in [0, 0.1) is 11.6 Å². The van der Waals surface area contributed by atoms with Crippen molar-refractivity contribution in [3.63, 3.8) is 0 Å². The Balaban J connectivity index is 1.59. The fraction of sp³-hybridized carbons (Fsp3) is 0.200. The minimum atomic E-state index is -0.657. The standard InChI is InChI=1S/C25H21F2N3O2S/c1-30(2)22-21-23(17(7-9-28-21)14-11-15(26)13-16(27)12-14)33-24(22)25(31)29-19-8-10-32-20-6-4-3-5-18(19)20/h3-7,9,11-13,19H,8,10H2,1-2H3,(H,29,31)/t19-/m0/s1. The molecule has 2 aromatic carbocycles. The number of para-hydroxylation sites is 1. The van der Waals surface area contributed by atoms with Crippen LogP contribution in [0.4, 0.5) is 14.5 Å². The highest BCUT2D eigenvalue weighted by Gasteiger charge is 2.27. The second-order valence-electron chi connectivity index (χ2n) is 8.07. The summed E-state index contributed by atoms with van der Waals surface area (Å²) in [4.78, 5) is 20.3. The molecule has 0 radical (unpaired) electrons. The Hall–Kier alpha value is -3.52. The Bertz CT molecular complexity index is 1350. The average Bonchev–Trinajstić information content (AvgIpc) is 3.19. The first-order chi connectivity index (χ1) is 15.9. The van der Waals surface area contributed by atoms with Crippen LogP contribution in [0.5, 0.6) is 5.75 Å². The number of fused-ring (bicyclic) bond motifs is 2. The van der Waals surface area contributed by atoms with Gasteiger partial charge in [-0.25, -0.2) is 8.78 Å². The van der Waals surface area contributed by atoms with E-state index in [-0.39, 0.29) is 11.9 Å². The average molecular weight is 466 g/mol. The van der Waals surface area contributed by atoms with Crippen molar-refractivity contribution in [1.29, 1.82) is 0 Å². The van der Waals surface area contributed by atoms with Gasteiger partial charge in [-0.3, -0.25) is 9.78 Å². The maximum atomic E-state index is 13.9. The lowest BCUT2D eigenvalue weighted by Crippen LogP contribution is -2.32. The third-order valence-corrected chi connectivity index (χ3v) is 6.84. The Morgan fingerprint density at radius 2 is 1.91 bits per heavy atom. The zero-order valence-electron chi connectivity index (χ0n) is 18.1. The van der Waals surface area contributed by atoms with E-state index in [9.17, 15) is 13.6 Å². The van der Waals surface area contributed by atoms with Crippen molar-refractivity contribution in [3.05, 3.63) is 76.8 Å². The summed E-state index contributed by atoms with van der Waals surface area (Å²) >= 11 is 1.27. The smallest absolute Gasteiger partial charge is 0.264 e. The Kier molecular flexibility index (Phi) is 5.46. The third-order valence-electron chi connectivity index (χ3n) is 5.64. The van der Waals surface area contributed by atoms with Crippen LogP contribution in [0.2, 0.25) is 0 Å². The van der Waals surface area contributed by atoms with Crippen LogP contribution in [-0.4, -0.2) is 31.6 Å². The molecule has 5 nitrogen and oxygen atoms in total. The van der Waals surface area contributed by atoms with Gasteiger partial charge in [0.05, 0.1) is 23.0 Å². The molecule has 168 valence electrons. The highest BCUT2D eigenvalue weighted by molar-refractivity contribution is 7.22. The quantitative estimate of drug-likeness (QED) is 0.429. The van der Waals surface area contributed by atoms with E-state index in [4.69, 9.17) is 4.74 Å². The summed E-state index contributed by atoms with van der Waals surface area (Å²) in [5.74, 6) is -0.763. The van der Waals surface area contributed by atoms with E-state index in [0.717, 1.165) is 17.4 Å². The summed E-state index contributed by atoms with van der Waals surface area (Å²) in [6.07, 6.45) is 2.26. The SMILES string of the molecule is CN(C)c1c(C(=O)N[C@H]2CCOc3ccccc32)sc2c(-c3cc(F)cc(F)c3)ccnc12. The van der Waals surface area contributed by atoms with Crippen LogP contribution in [0.3, 0.4) is 0 Å². The molecule has 0 fully saturated rings. The van der Waals surface area contributed by atoms with Crippen LogP contribution in [0.25, 0.3) is 21.3 Å². The molecule has 0 spiro atoms. The highest BCUT2D eigenvalue weighted by Crippen LogP contribution is 2.42. The molecule has 8 heteroatoms. The second kappa shape index (κ2) is 8.44. The van der Waals surface area contributed by atoms with E-state index in [1.54, 1.807) is 12.3 Å². The Morgan fingerprint density at radius 1 is 1.15 bits per heavy atom. The number of hydrogen-bond acceptors (Lipinski definition) is 5. The number of amides is 1. The molecule has 4 aromatic rings. The highest BCUT2D eigenvalue weighted by atomic mass is 32.1. The van der Waals surface area contributed by atoms with E-state index in [1.165, 1.54) is 23.5 Å². The molecule has 0 saturated carbocycles. The first-order valence-corrected chi connectivity index (χ1v) is 11.3. The van der Waals surface area contributed by atoms with E-state index in [2.05, 4.69) is 10.3 Å². The van der Waals surface area contributed by atoms with Crippen molar-refractivity contribution in [2.24, 2.45) is 0 Å². The number of rotatable bonds is 4. The molecule has 1 N–H and O–H groups in total. The zero-order chi connectivity index (χ0) is 23.1. The number of aromatic nitrogens is 1. The van der Waals surface area contributed by atoms with E-state index >= 15 is 0 Å². The summed E-state index contributed by atoms with van der Waals surface area (Å²) in [5, 5.41) is 3.14. The summed E-state index contributed by atoms with van der Waals surface area (Å²) < 4.78 is 34.2. The van der Waals surface area contributed by atoms with Gasteiger partial charge in [-0.05, 0) is 29.8 Å². The van der Waals surface area contributed by atoms with Crippen LogP contribution in [0.1, 0.15) is 27.7 Å². The third kappa shape index (κ3) is 3.91. The molecule has 0 bridgehead atoms. The monoisotopic (exact) mass is 465 g/mol. The van der Waals surface area contributed by atoms with Crippen LogP contribution < -0.4 is 15.0 Å². The van der Waals surface area contributed by atoms with Gasteiger partial charge in [0.25, 0.3) is 5.91 Å². The predicted molar refractivity (Wildman–Crippen MR) is 126 cm³/mol. The molecule has 3 heterocycles. The minimum absolute atomic E-state index is 0.174. The van der Waals surface area contributed by atoms with Crippen molar-refractivity contribution >= 4 is 33.1 Å². The number of anilines is 1. The van der Waals surface area contributed by atoms with Crippen molar-refractivity contribution in [1.82, 2.24) is 10.3 Å². The summed E-state index contributed by atoms with van der Waals surface area (Å²) in [6, 6.07) is 12.6. The summed E-state index contributed by atoms with van der Waals surface area (Å²) in [6.45, 7) is 0.520. The van der Waals surface area contributed by atoms with Gasteiger partial charge in [0.15, 0.2) is 0 Å². The number of benzene rings is 2. The number of carbonyl (C=O) groups excluding carboxylic acids is 1.